The van der Waals surface area contributed by atoms with Crippen LogP contribution in [0.1, 0.15) is 31.2 Å². The zero-order valence-electron chi connectivity index (χ0n) is 11.6. The second-order valence-corrected chi connectivity index (χ2v) is 5.65. The summed E-state index contributed by atoms with van der Waals surface area (Å²) >= 11 is 0. The highest BCUT2D eigenvalue weighted by Crippen LogP contribution is 2.26. The number of hydrogen-bond acceptors (Lipinski definition) is 3. The third kappa shape index (κ3) is 2.93. The molecule has 3 rings (SSSR count). The predicted molar refractivity (Wildman–Crippen MR) is 76.4 cm³/mol. The molecule has 1 heterocycles. The van der Waals surface area contributed by atoms with Gasteiger partial charge in [-0.3, -0.25) is 4.79 Å². The van der Waals surface area contributed by atoms with Gasteiger partial charge in [-0.1, -0.05) is 12.5 Å². The SMILES string of the molecule is O=C(O)[C@@H]1CCC[C@H](NCc2ccc(F)c3ccoc23)C1. The monoisotopic (exact) mass is 291 g/mol. The lowest BCUT2D eigenvalue weighted by molar-refractivity contribution is -0.143. The molecule has 0 unspecified atom stereocenters. The molecule has 1 saturated carbocycles. The number of halogens is 1. The fourth-order valence-electron chi connectivity index (χ4n) is 3.08. The second-order valence-electron chi connectivity index (χ2n) is 5.65. The first-order chi connectivity index (χ1) is 10.1. The number of furan rings is 1. The maximum Gasteiger partial charge on any atom is 0.306 e. The van der Waals surface area contributed by atoms with Crippen LogP contribution in [-0.2, 0) is 11.3 Å². The van der Waals surface area contributed by atoms with E-state index in [2.05, 4.69) is 5.32 Å². The van der Waals surface area contributed by atoms with Crippen LogP contribution in [0, 0.1) is 11.7 Å². The second kappa shape index (κ2) is 5.85. The first-order valence-electron chi connectivity index (χ1n) is 7.26. The smallest absolute Gasteiger partial charge is 0.306 e. The lowest BCUT2D eigenvalue weighted by Crippen LogP contribution is -2.36. The number of carboxylic acid groups (broad SMARTS) is 1. The van der Waals surface area contributed by atoms with Crippen LogP contribution in [-0.4, -0.2) is 17.1 Å². The molecule has 1 aliphatic carbocycles. The molecule has 0 spiro atoms. The third-order valence-electron chi connectivity index (χ3n) is 4.25. The van der Waals surface area contributed by atoms with Crippen molar-refractivity contribution in [2.45, 2.75) is 38.3 Å². The van der Waals surface area contributed by atoms with Gasteiger partial charge in [0.15, 0.2) is 0 Å². The predicted octanol–water partition coefficient (Wildman–Crippen LogP) is 3.30. The molecule has 1 aromatic heterocycles. The molecule has 0 amide bonds. The Kier molecular flexibility index (Phi) is 3.92. The van der Waals surface area contributed by atoms with Crippen LogP contribution in [0.25, 0.3) is 11.0 Å². The molecular weight excluding hydrogens is 273 g/mol. The maximum atomic E-state index is 13.6. The van der Waals surface area contributed by atoms with Crippen LogP contribution >= 0.6 is 0 Å². The van der Waals surface area contributed by atoms with Crippen LogP contribution in [0.2, 0.25) is 0 Å². The van der Waals surface area contributed by atoms with Gasteiger partial charge in [0.05, 0.1) is 17.6 Å². The number of hydrogen-bond donors (Lipinski definition) is 2. The van der Waals surface area contributed by atoms with Crippen molar-refractivity contribution < 1.29 is 18.7 Å². The van der Waals surface area contributed by atoms with Gasteiger partial charge in [-0.15, -0.1) is 0 Å². The minimum Gasteiger partial charge on any atom is -0.481 e. The topological polar surface area (TPSA) is 62.5 Å². The van der Waals surface area contributed by atoms with Gasteiger partial charge in [0.1, 0.15) is 11.4 Å². The van der Waals surface area contributed by atoms with Crippen LogP contribution in [0.4, 0.5) is 4.39 Å². The van der Waals surface area contributed by atoms with Crippen molar-refractivity contribution in [1.29, 1.82) is 0 Å². The summed E-state index contributed by atoms with van der Waals surface area (Å²) in [6.45, 7) is 0.557. The van der Waals surface area contributed by atoms with E-state index in [-0.39, 0.29) is 17.8 Å². The molecule has 21 heavy (non-hydrogen) atoms. The number of benzene rings is 1. The van der Waals surface area contributed by atoms with Crippen molar-refractivity contribution in [2.24, 2.45) is 5.92 Å². The molecule has 0 bridgehead atoms. The number of fused-ring (bicyclic) bond motifs is 1. The molecule has 0 radical (unpaired) electrons. The van der Waals surface area contributed by atoms with Crippen LogP contribution in [0.3, 0.4) is 0 Å². The van der Waals surface area contributed by atoms with E-state index < -0.39 is 5.97 Å². The Labute approximate surface area is 121 Å². The quantitative estimate of drug-likeness (QED) is 0.907. The van der Waals surface area contributed by atoms with Crippen molar-refractivity contribution in [2.75, 3.05) is 0 Å². The fourth-order valence-corrected chi connectivity index (χ4v) is 3.08. The van der Waals surface area contributed by atoms with Crippen molar-refractivity contribution in [3.05, 3.63) is 35.8 Å². The van der Waals surface area contributed by atoms with Crippen molar-refractivity contribution >= 4 is 16.9 Å². The summed E-state index contributed by atoms with van der Waals surface area (Å²) in [5, 5.41) is 13.0. The molecule has 0 saturated heterocycles. The molecule has 5 heteroatoms. The average molecular weight is 291 g/mol. The number of rotatable bonds is 4. The zero-order chi connectivity index (χ0) is 14.8. The van der Waals surface area contributed by atoms with E-state index in [4.69, 9.17) is 9.52 Å². The normalized spacial score (nSPS) is 22.5. The molecule has 2 atom stereocenters. The maximum absolute atomic E-state index is 13.6. The third-order valence-corrected chi connectivity index (χ3v) is 4.25. The van der Waals surface area contributed by atoms with Gasteiger partial charge < -0.3 is 14.8 Å². The molecule has 2 aromatic rings. The highest BCUT2D eigenvalue weighted by molar-refractivity contribution is 5.80. The summed E-state index contributed by atoms with van der Waals surface area (Å²) in [6, 6.07) is 4.96. The van der Waals surface area contributed by atoms with Crippen LogP contribution < -0.4 is 5.32 Å². The van der Waals surface area contributed by atoms with Gasteiger partial charge in [-0.05, 0) is 31.4 Å². The summed E-state index contributed by atoms with van der Waals surface area (Å²) in [5.74, 6) is -1.25. The first-order valence-corrected chi connectivity index (χ1v) is 7.26. The molecule has 1 aromatic carbocycles. The fraction of sp³-hybridized carbons (Fsp3) is 0.438. The van der Waals surface area contributed by atoms with Crippen molar-refractivity contribution in [1.82, 2.24) is 5.32 Å². The number of nitrogens with one attached hydrogen (secondary N) is 1. The Balaban J connectivity index is 1.68. The largest absolute Gasteiger partial charge is 0.481 e. The van der Waals surface area contributed by atoms with Crippen LogP contribution in [0.15, 0.2) is 28.9 Å². The molecule has 2 N–H and O–H groups in total. The van der Waals surface area contributed by atoms with Crippen molar-refractivity contribution in [3.8, 4) is 0 Å². The van der Waals surface area contributed by atoms with Gasteiger partial charge >= 0.3 is 5.97 Å². The molecular formula is C16H18FNO3. The molecule has 4 nitrogen and oxygen atoms in total. The summed E-state index contributed by atoms with van der Waals surface area (Å²) in [7, 11) is 0. The van der Waals surface area contributed by atoms with E-state index in [1.54, 1.807) is 12.1 Å². The van der Waals surface area contributed by atoms with Crippen LogP contribution in [0.5, 0.6) is 0 Å². The van der Waals surface area contributed by atoms with Gasteiger partial charge in [-0.25, -0.2) is 4.39 Å². The molecule has 1 aliphatic rings. The van der Waals surface area contributed by atoms with E-state index in [0.717, 1.165) is 24.8 Å². The summed E-state index contributed by atoms with van der Waals surface area (Å²) < 4.78 is 18.9. The molecule has 1 fully saturated rings. The summed E-state index contributed by atoms with van der Waals surface area (Å²) in [5.41, 5.74) is 1.46. The Morgan fingerprint density at radius 1 is 1.38 bits per heavy atom. The lowest BCUT2D eigenvalue weighted by atomic mass is 9.85. The zero-order valence-corrected chi connectivity index (χ0v) is 11.6. The lowest BCUT2D eigenvalue weighted by Gasteiger charge is -2.27. The van der Waals surface area contributed by atoms with E-state index in [0.29, 0.717) is 23.9 Å². The minimum atomic E-state index is -0.711. The Hall–Kier alpha value is -1.88. The molecule has 112 valence electrons. The number of aliphatic carboxylic acids is 1. The van der Waals surface area contributed by atoms with E-state index in [1.165, 1.54) is 12.3 Å². The molecule has 0 aliphatic heterocycles. The number of carboxylic acids is 1. The van der Waals surface area contributed by atoms with Gasteiger partial charge in [0.25, 0.3) is 0 Å². The highest BCUT2D eigenvalue weighted by atomic mass is 19.1. The first kappa shape index (κ1) is 14.1. The van der Waals surface area contributed by atoms with Gasteiger partial charge in [0.2, 0.25) is 0 Å². The standard InChI is InChI=1S/C16H18FNO3/c17-14-5-4-11(15-13(14)6-7-21-15)9-18-12-3-1-2-10(8-12)16(19)20/h4-7,10,12,18H,1-3,8-9H2,(H,19,20)/t10-,12+/m1/s1. The Morgan fingerprint density at radius 2 is 2.24 bits per heavy atom. The highest BCUT2D eigenvalue weighted by Gasteiger charge is 2.26. The van der Waals surface area contributed by atoms with E-state index in [9.17, 15) is 9.18 Å². The minimum absolute atomic E-state index is 0.190. The summed E-state index contributed by atoms with van der Waals surface area (Å²) in [6.07, 6.45) is 4.79. The summed E-state index contributed by atoms with van der Waals surface area (Å²) in [4.78, 5) is 11.1. The van der Waals surface area contributed by atoms with Gasteiger partial charge in [-0.2, -0.15) is 0 Å². The Morgan fingerprint density at radius 3 is 3.05 bits per heavy atom. The van der Waals surface area contributed by atoms with E-state index >= 15 is 0 Å². The van der Waals surface area contributed by atoms with Gasteiger partial charge in [0, 0.05) is 18.2 Å². The number of carbonyl (C=O) groups is 1. The Bertz CT molecular complexity index is 652. The average Bonchev–Trinajstić information content (AvgIpc) is 2.97. The van der Waals surface area contributed by atoms with Crippen molar-refractivity contribution in [3.63, 3.8) is 0 Å². The van der Waals surface area contributed by atoms with E-state index in [1.807, 2.05) is 0 Å².